The predicted molar refractivity (Wildman–Crippen MR) is 87.7 cm³/mol. The molecule has 1 atom stereocenters. The number of methoxy groups -OCH3 is 1. The van der Waals surface area contributed by atoms with Gasteiger partial charge >= 0.3 is 0 Å². The van der Waals surface area contributed by atoms with Crippen LogP contribution < -0.4 is 10.5 Å². The van der Waals surface area contributed by atoms with Crippen LogP contribution >= 0.6 is 11.6 Å². The van der Waals surface area contributed by atoms with E-state index >= 15 is 0 Å². The lowest BCUT2D eigenvalue weighted by atomic mass is 10.0. The van der Waals surface area contributed by atoms with Gasteiger partial charge in [0.2, 0.25) is 0 Å². The van der Waals surface area contributed by atoms with Crippen molar-refractivity contribution in [2.45, 2.75) is 12.6 Å². The number of rotatable bonds is 6. The lowest BCUT2D eigenvalue weighted by Gasteiger charge is -2.28. The zero-order chi connectivity index (χ0) is 15.2. The number of benzene rings is 2. The Hall–Kier alpha value is -1.55. The van der Waals surface area contributed by atoms with Gasteiger partial charge in [0.25, 0.3) is 0 Å². The van der Waals surface area contributed by atoms with Crippen LogP contribution in [0, 0.1) is 0 Å². The summed E-state index contributed by atoms with van der Waals surface area (Å²) in [6, 6.07) is 16.0. The largest absolute Gasteiger partial charge is 0.496 e. The molecule has 0 saturated carbocycles. The first-order valence-electron chi connectivity index (χ1n) is 6.93. The molecule has 4 heteroatoms. The Morgan fingerprint density at radius 1 is 1.19 bits per heavy atom. The fourth-order valence-corrected chi connectivity index (χ4v) is 2.67. The molecule has 21 heavy (non-hydrogen) atoms. The molecule has 0 aliphatic rings. The summed E-state index contributed by atoms with van der Waals surface area (Å²) in [4.78, 5) is 2.21. The topological polar surface area (TPSA) is 38.5 Å². The first kappa shape index (κ1) is 15.8. The van der Waals surface area contributed by atoms with Crippen molar-refractivity contribution in [2.24, 2.45) is 5.73 Å². The maximum Gasteiger partial charge on any atom is 0.123 e. The maximum atomic E-state index is 6.12. The van der Waals surface area contributed by atoms with E-state index < -0.39 is 0 Å². The molecule has 0 fully saturated rings. The number of ether oxygens (including phenoxy) is 1. The van der Waals surface area contributed by atoms with E-state index in [2.05, 4.69) is 24.1 Å². The minimum Gasteiger partial charge on any atom is -0.496 e. The van der Waals surface area contributed by atoms with Crippen molar-refractivity contribution in [1.82, 2.24) is 4.90 Å². The molecule has 0 amide bonds. The van der Waals surface area contributed by atoms with Crippen LogP contribution in [0.3, 0.4) is 0 Å². The first-order chi connectivity index (χ1) is 10.2. The van der Waals surface area contributed by atoms with Crippen LogP contribution in [-0.2, 0) is 6.54 Å². The van der Waals surface area contributed by atoms with Crippen LogP contribution in [-0.4, -0.2) is 25.6 Å². The lowest BCUT2D eigenvalue weighted by molar-refractivity contribution is 0.236. The van der Waals surface area contributed by atoms with Crippen LogP contribution in [0.15, 0.2) is 48.5 Å². The number of hydrogen-bond donors (Lipinski definition) is 1. The summed E-state index contributed by atoms with van der Waals surface area (Å²) in [6.45, 7) is 1.32. The second kappa shape index (κ2) is 7.46. The normalized spacial score (nSPS) is 12.4. The Morgan fingerprint density at radius 3 is 2.52 bits per heavy atom. The number of halogens is 1. The van der Waals surface area contributed by atoms with E-state index in [1.54, 1.807) is 7.11 Å². The molecule has 0 saturated heterocycles. The molecule has 0 heterocycles. The molecule has 112 valence electrons. The minimum atomic E-state index is 0.0545. The highest BCUT2D eigenvalue weighted by atomic mass is 35.5. The van der Waals surface area contributed by atoms with Gasteiger partial charge in [-0.2, -0.15) is 0 Å². The Morgan fingerprint density at radius 2 is 1.90 bits per heavy atom. The Bertz CT molecular complexity index is 574. The van der Waals surface area contributed by atoms with Gasteiger partial charge in [-0.15, -0.1) is 0 Å². The lowest BCUT2D eigenvalue weighted by Crippen LogP contribution is -2.30. The highest BCUT2D eigenvalue weighted by molar-refractivity contribution is 6.30. The molecule has 2 N–H and O–H groups in total. The van der Waals surface area contributed by atoms with E-state index in [1.807, 2.05) is 36.4 Å². The molecule has 0 bridgehead atoms. The molecule has 3 nitrogen and oxygen atoms in total. The smallest absolute Gasteiger partial charge is 0.123 e. The van der Waals surface area contributed by atoms with Crippen molar-refractivity contribution < 1.29 is 4.74 Å². The summed E-state index contributed by atoms with van der Waals surface area (Å²) in [5.74, 6) is 0.815. The van der Waals surface area contributed by atoms with Gasteiger partial charge in [-0.25, -0.2) is 0 Å². The van der Waals surface area contributed by atoms with Crippen molar-refractivity contribution in [3.63, 3.8) is 0 Å². The van der Waals surface area contributed by atoms with E-state index in [9.17, 15) is 0 Å². The second-order valence-corrected chi connectivity index (χ2v) is 5.47. The van der Waals surface area contributed by atoms with Gasteiger partial charge in [-0.1, -0.05) is 41.9 Å². The van der Waals surface area contributed by atoms with Gasteiger partial charge in [-0.05, 0) is 30.8 Å². The molecular weight excluding hydrogens is 284 g/mol. The van der Waals surface area contributed by atoms with Crippen LogP contribution in [0.25, 0.3) is 0 Å². The van der Waals surface area contributed by atoms with Gasteiger partial charge in [0.15, 0.2) is 0 Å². The van der Waals surface area contributed by atoms with Gasteiger partial charge in [0.05, 0.1) is 13.2 Å². The number of likely N-dealkylation sites (N-methyl/N-ethyl adjacent to an activating group) is 1. The first-order valence-corrected chi connectivity index (χ1v) is 7.31. The molecule has 1 unspecified atom stereocenters. The summed E-state index contributed by atoms with van der Waals surface area (Å²) < 4.78 is 5.44. The summed E-state index contributed by atoms with van der Waals surface area (Å²) >= 11 is 6.12. The van der Waals surface area contributed by atoms with Gasteiger partial charge in [0, 0.05) is 23.7 Å². The highest BCUT2D eigenvalue weighted by Crippen LogP contribution is 2.31. The number of nitrogens with zero attached hydrogens (tertiary/aromatic N) is 1. The third-order valence-corrected chi connectivity index (χ3v) is 3.82. The SMILES string of the molecule is COc1ccc(Cl)cc1C(CN)N(C)Cc1ccccc1. The Balaban J connectivity index is 2.24. The van der Waals surface area contributed by atoms with E-state index in [0.717, 1.165) is 17.9 Å². The van der Waals surface area contributed by atoms with Crippen molar-refractivity contribution in [3.8, 4) is 5.75 Å². The minimum absolute atomic E-state index is 0.0545. The van der Waals surface area contributed by atoms with Crippen molar-refractivity contribution in [2.75, 3.05) is 20.7 Å². The van der Waals surface area contributed by atoms with E-state index in [4.69, 9.17) is 22.1 Å². The van der Waals surface area contributed by atoms with Crippen LogP contribution in [0.1, 0.15) is 17.2 Å². The third-order valence-electron chi connectivity index (χ3n) is 3.58. The van der Waals surface area contributed by atoms with E-state index in [0.29, 0.717) is 11.6 Å². The number of nitrogens with two attached hydrogens (primary N) is 1. The van der Waals surface area contributed by atoms with Crippen molar-refractivity contribution in [1.29, 1.82) is 0 Å². The van der Waals surface area contributed by atoms with E-state index in [-0.39, 0.29) is 6.04 Å². The van der Waals surface area contributed by atoms with Crippen LogP contribution in [0.4, 0.5) is 0 Å². The monoisotopic (exact) mass is 304 g/mol. The molecule has 0 aliphatic carbocycles. The van der Waals surface area contributed by atoms with Crippen LogP contribution in [0.2, 0.25) is 5.02 Å². The van der Waals surface area contributed by atoms with E-state index in [1.165, 1.54) is 5.56 Å². The molecule has 0 spiro atoms. The summed E-state index contributed by atoms with van der Waals surface area (Å²) in [5, 5.41) is 0.692. The Labute approximate surface area is 131 Å². The molecular formula is C17H21ClN2O. The number of hydrogen-bond acceptors (Lipinski definition) is 3. The summed E-state index contributed by atoms with van der Waals surface area (Å²) in [6.07, 6.45) is 0. The maximum absolute atomic E-state index is 6.12. The molecule has 2 aromatic rings. The molecule has 2 aromatic carbocycles. The summed E-state index contributed by atoms with van der Waals surface area (Å²) in [5.41, 5.74) is 8.26. The summed E-state index contributed by atoms with van der Waals surface area (Å²) in [7, 11) is 3.72. The third kappa shape index (κ3) is 3.97. The van der Waals surface area contributed by atoms with Gasteiger partial charge in [-0.3, -0.25) is 4.90 Å². The zero-order valence-electron chi connectivity index (χ0n) is 12.4. The fourth-order valence-electron chi connectivity index (χ4n) is 2.49. The fraction of sp³-hybridized carbons (Fsp3) is 0.294. The average Bonchev–Trinajstić information content (AvgIpc) is 2.49. The van der Waals surface area contributed by atoms with Crippen LogP contribution in [0.5, 0.6) is 5.75 Å². The highest BCUT2D eigenvalue weighted by Gasteiger charge is 2.20. The molecule has 0 radical (unpaired) electrons. The van der Waals surface area contributed by atoms with Gasteiger partial charge < -0.3 is 10.5 Å². The molecule has 0 aromatic heterocycles. The standard InChI is InChI=1S/C17H21ClN2O/c1-20(12-13-6-4-3-5-7-13)16(11-19)15-10-14(18)8-9-17(15)21-2/h3-10,16H,11-12,19H2,1-2H3. The zero-order valence-corrected chi connectivity index (χ0v) is 13.2. The second-order valence-electron chi connectivity index (χ2n) is 5.04. The Kier molecular flexibility index (Phi) is 5.62. The predicted octanol–water partition coefficient (Wildman–Crippen LogP) is 3.48. The average molecular weight is 305 g/mol. The molecule has 2 rings (SSSR count). The quantitative estimate of drug-likeness (QED) is 0.888. The van der Waals surface area contributed by atoms with Crippen molar-refractivity contribution >= 4 is 11.6 Å². The molecule has 0 aliphatic heterocycles. The van der Waals surface area contributed by atoms with Gasteiger partial charge in [0.1, 0.15) is 5.75 Å². The van der Waals surface area contributed by atoms with Crippen molar-refractivity contribution in [3.05, 3.63) is 64.7 Å².